The van der Waals surface area contributed by atoms with Gasteiger partial charge in [0.25, 0.3) is 0 Å². The number of anilines is 4. The van der Waals surface area contributed by atoms with Crippen LogP contribution < -0.4 is 15.4 Å². The van der Waals surface area contributed by atoms with Gasteiger partial charge in [-0.05, 0) is 48.5 Å². The number of carbonyl (C=O) groups is 1. The molecule has 29 heavy (non-hydrogen) atoms. The van der Waals surface area contributed by atoms with Crippen LogP contribution >= 0.6 is 0 Å². The Bertz CT molecular complexity index is 1100. The van der Waals surface area contributed by atoms with Gasteiger partial charge in [0.2, 0.25) is 0 Å². The second-order valence-corrected chi connectivity index (χ2v) is 6.22. The van der Waals surface area contributed by atoms with Crippen LogP contribution in [0.2, 0.25) is 0 Å². The molecule has 0 bridgehead atoms. The fourth-order valence-electron chi connectivity index (χ4n) is 2.71. The lowest BCUT2D eigenvalue weighted by Crippen LogP contribution is -1.99. The van der Waals surface area contributed by atoms with Crippen molar-refractivity contribution in [3.05, 3.63) is 96.8 Å². The summed E-state index contributed by atoms with van der Waals surface area (Å²) in [6.07, 6.45) is 2.28. The topological polar surface area (TPSA) is 76.1 Å². The molecule has 0 saturated carbocycles. The van der Waals surface area contributed by atoms with Crippen LogP contribution in [0.3, 0.4) is 0 Å². The van der Waals surface area contributed by atoms with E-state index in [1.54, 1.807) is 18.2 Å². The van der Waals surface area contributed by atoms with E-state index >= 15 is 0 Å². The van der Waals surface area contributed by atoms with Gasteiger partial charge in [-0.3, -0.25) is 4.79 Å². The summed E-state index contributed by atoms with van der Waals surface area (Å²) in [4.78, 5) is 19.4. The van der Waals surface area contributed by atoms with E-state index in [2.05, 4.69) is 20.6 Å². The second-order valence-electron chi connectivity index (χ2n) is 6.22. The van der Waals surface area contributed by atoms with E-state index < -0.39 is 0 Å². The maximum Gasteiger partial charge on any atom is 0.150 e. The first kappa shape index (κ1) is 18.2. The average molecular weight is 382 g/mol. The Balaban J connectivity index is 1.43. The molecule has 1 heterocycles. The summed E-state index contributed by atoms with van der Waals surface area (Å²) in [6.45, 7) is 0. The zero-order valence-corrected chi connectivity index (χ0v) is 15.4. The Morgan fingerprint density at radius 2 is 1.38 bits per heavy atom. The molecule has 4 rings (SSSR count). The number of aldehydes is 1. The zero-order valence-electron chi connectivity index (χ0n) is 15.4. The van der Waals surface area contributed by atoms with Crippen LogP contribution in [0.25, 0.3) is 0 Å². The third-order valence-corrected chi connectivity index (χ3v) is 4.07. The number of nitrogens with zero attached hydrogens (tertiary/aromatic N) is 2. The number of hydrogen-bond acceptors (Lipinski definition) is 6. The van der Waals surface area contributed by atoms with Crippen LogP contribution in [-0.4, -0.2) is 16.3 Å². The van der Waals surface area contributed by atoms with Gasteiger partial charge in [-0.25, -0.2) is 9.97 Å². The van der Waals surface area contributed by atoms with Gasteiger partial charge in [0, 0.05) is 23.0 Å². The van der Waals surface area contributed by atoms with Crippen LogP contribution in [-0.2, 0) is 0 Å². The quantitative estimate of drug-likeness (QED) is 0.407. The number of nitrogens with one attached hydrogen (secondary N) is 2. The van der Waals surface area contributed by atoms with Gasteiger partial charge in [-0.15, -0.1) is 0 Å². The van der Waals surface area contributed by atoms with E-state index in [-0.39, 0.29) is 0 Å². The smallest absolute Gasteiger partial charge is 0.150 e. The highest BCUT2D eigenvalue weighted by molar-refractivity contribution is 5.77. The molecule has 0 fully saturated rings. The predicted molar refractivity (Wildman–Crippen MR) is 113 cm³/mol. The largest absolute Gasteiger partial charge is 0.457 e. The molecule has 0 aliphatic heterocycles. The van der Waals surface area contributed by atoms with E-state index in [0.29, 0.717) is 17.2 Å². The van der Waals surface area contributed by atoms with E-state index in [0.717, 1.165) is 29.2 Å². The molecule has 2 N–H and O–H groups in total. The molecule has 0 aliphatic rings. The Morgan fingerprint density at radius 3 is 2.10 bits per heavy atom. The summed E-state index contributed by atoms with van der Waals surface area (Å²) in [5.41, 5.74) is 2.25. The van der Waals surface area contributed by atoms with Gasteiger partial charge in [-0.1, -0.05) is 30.3 Å². The van der Waals surface area contributed by atoms with Gasteiger partial charge in [-0.2, -0.15) is 0 Å². The predicted octanol–water partition coefficient (Wildman–Crippen LogP) is 5.57. The van der Waals surface area contributed by atoms with Crippen molar-refractivity contribution in [3.63, 3.8) is 0 Å². The number of ether oxygens (including phenoxy) is 1. The molecule has 1 aromatic heterocycles. The van der Waals surface area contributed by atoms with Gasteiger partial charge < -0.3 is 15.4 Å². The standard InChI is InChI=1S/C23H18N4O2/c28-15-17-5-4-6-19(13-17)27-23-14-22(24-16-25-23)26-18-9-11-21(12-10-18)29-20-7-2-1-3-8-20/h1-16H,(H2,24,25,26,27). The molecule has 142 valence electrons. The summed E-state index contributed by atoms with van der Waals surface area (Å²) in [6, 6.07) is 26.2. The number of rotatable bonds is 7. The molecule has 0 saturated heterocycles. The minimum absolute atomic E-state index is 0.597. The SMILES string of the molecule is O=Cc1cccc(Nc2cc(Nc3ccc(Oc4ccccc4)cc3)ncn2)c1. The third kappa shape index (κ3) is 4.95. The lowest BCUT2D eigenvalue weighted by atomic mass is 10.2. The lowest BCUT2D eigenvalue weighted by molar-refractivity contribution is 0.112. The second kappa shape index (κ2) is 8.67. The Kier molecular flexibility index (Phi) is 5.43. The zero-order chi connectivity index (χ0) is 19.9. The minimum atomic E-state index is 0.597. The highest BCUT2D eigenvalue weighted by atomic mass is 16.5. The Hall–Kier alpha value is -4.19. The highest BCUT2D eigenvalue weighted by Crippen LogP contribution is 2.24. The maximum absolute atomic E-state index is 10.9. The average Bonchev–Trinajstić information content (AvgIpc) is 2.76. The van der Waals surface area contributed by atoms with Crippen LogP contribution in [0.4, 0.5) is 23.0 Å². The summed E-state index contributed by atoms with van der Waals surface area (Å²) in [5.74, 6) is 2.81. The summed E-state index contributed by atoms with van der Waals surface area (Å²) in [5, 5.41) is 6.41. The van der Waals surface area contributed by atoms with E-state index in [1.165, 1.54) is 6.33 Å². The molecule has 0 aliphatic carbocycles. The molecule has 0 spiro atoms. The molecule has 3 aromatic carbocycles. The van der Waals surface area contributed by atoms with Crippen molar-refractivity contribution < 1.29 is 9.53 Å². The van der Waals surface area contributed by atoms with Gasteiger partial charge in [0.1, 0.15) is 35.7 Å². The molecular weight excluding hydrogens is 364 g/mol. The molecule has 0 radical (unpaired) electrons. The molecule has 0 atom stereocenters. The van der Waals surface area contributed by atoms with Crippen molar-refractivity contribution in [2.75, 3.05) is 10.6 Å². The summed E-state index contributed by atoms with van der Waals surface area (Å²) < 4.78 is 5.80. The van der Waals surface area contributed by atoms with Gasteiger partial charge in [0.15, 0.2) is 0 Å². The van der Waals surface area contributed by atoms with Crippen molar-refractivity contribution in [2.24, 2.45) is 0 Å². The van der Waals surface area contributed by atoms with Crippen LogP contribution in [0, 0.1) is 0 Å². The molecule has 6 heteroatoms. The van der Waals surface area contributed by atoms with Crippen molar-refractivity contribution in [2.45, 2.75) is 0 Å². The normalized spacial score (nSPS) is 10.2. The first-order valence-electron chi connectivity index (χ1n) is 9.03. The summed E-state index contributed by atoms with van der Waals surface area (Å²) in [7, 11) is 0. The number of aromatic nitrogens is 2. The first-order valence-corrected chi connectivity index (χ1v) is 9.03. The monoisotopic (exact) mass is 382 g/mol. The fourth-order valence-corrected chi connectivity index (χ4v) is 2.71. The van der Waals surface area contributed by atoms with Crippen molar-refractivity contribution in [1.82, 2.24) is 9.97 Å². The minimum Gasteiger partial charge on any atom is -0.457 e. The van der Waals surface area contributed by atoms with Crippen LogP contribution in [0.5, 0.6) is 11.5 Å². The van der Waals surface area contributed by atoms with Gasteiger partial charge in [0.05, 0.1) is 0 Å². The lowest BCUT2D eigenvalue weighted by Gasteiger charge is -2.10. The Morgan fingerprint density at radius 1 is 0.690 bits per heavy atom. The summed E-state index contributed by atoms with van der Waals surface area (Å²) >= 11 is 0. The Labute approximate surface area is 168 Å². The van der Waals surface area contributed by atoms with E-state index in [9.17, 15) is 4.79 Å². The number of carbonyl (C=O) groups excluding carboxylic acids is 1. The number of para-hydroxylation sites is 1. The molecular formula is C23H18N4O2. The molecule has 0 amide bonds. The van der Waals surface area contributed by atoms with E-state index in [1.807, 2.05) is 66.7 Å². The molecule has 0 unspecified atom stereocenters. The van der Waals surface area contributed by atoms with E-state index in [4.69, 9.17) is 4.74 Å². The fraction of sp³-hybridized carbons (Fsp3) is 0. The molecule has 4 aromatic rings. The van der Waals surface area contributed by atoms with Crippen LogP contribution in [0.1, 0.15) is 10.4 Å². The third-order valence-electron chi connectivity index (χ3n) is 4.07. The van der Waals surface area contributed by atoms with Gasteiger partial charge >= 0.3 is 0 Å². The van der Waals surface area contributed by atoms with Crippen molar-refractivity contribution in [1.29, 1.82) is 0 Å². The molecule has 6 nitrogen and oxygen atoms in total. The number of benzene rings is 3. The maximum atomic E-state index is 10.9. The van der Waals surface area contributed by atoms with Crippen molar-refractivity contribution in [3.8, 4) is 11.5 Å². The number of hydrogen-bond donors (Lipinski definition) is 2. The van der Waals surface area contributed by atoms with Crippen LogP contribution in [0.15, 0.2) is 91.3 Å². The van der Waals surface area contributed by atoms with Crippen molar-refractivity contribution >= 4 is 29.3 Å². The first-order chi connectivity index (χ1) is 14.3. The highest BCUT2D eigenvalue weighted by Gasteiger charge is 2.03.